The van der Waals surface area contributed by atoms with Crippen molar-refractivity contribution in [3.05, 3.63) is 35.0 Å². The molecule has 6 nitrogen and oxygen atoms in total. The standard InChI is InChI=1S/C24H32ClN3O3/c1-16(2)28(22-14-24(22)8-4-9-26-15-24)23(29)20-13-21(31-11-5-10-30-3)18-7-6-17(25)12-19(18)27-20/h6-7,12-13,16,22,26H,4-5,8-11,14-15H2,1-3H3. The van der Waals surface area contributed by atoms with E-state index in [1.165, 1.54) is 12.8 Å². The molecule has 2 aromatic rings. The molecule has 2 aliphatic rings. The number of pyridine rings is 1. The molecule has 1 N–H and O–H groups in total. The van der Waals surface area contributed by atoms with Gasteiger partial charge in [-0.2, -0.15) is 0 Å². The van der Waals surface area contributed by atoms with E-state index in [0.29, 0.717) is 35.2 Å². The highest BCUT2D eigenvalue weighted by Crippen LogP contribution is 2.54. The lowest BCUT2D eigenvalue weighted by molar-refractivity contribution is 0.0642. The fourth-order valence-electron chi connectivity index (χ4n) is 4.82. The number of hydrogen-bond acceptors (Lipinski definition) is 5. The number of piperidine rings is 1. The third kappa shape index (κ3) is 4.66. The van der Waals surface area contributed by atoms with Crippen LogP contribution in [0.2, 0.25) is 5.02 Å². The van der Waals surface area contributed by atoms with E-state index in [4.69, 9.17) is 26.1 Å². The Kier molecular flexibility index (Phi) is 6.70. The molecule has 2 fully saturated rings. The van der Waals surface area contributed by atoms with Crippen LogP contribution in [0.4, 0.5) is 0 Å². The normalized spacial score (nSPS) is 22.8. The van der Waals surface area contributed by atoms with Crippen LogP contribution >= 0.6 is 11.6 Å². The first-order valence-corrected chi connectivity index (χ1v) is 11.6. The number of nitrogens with zero attached hydrogens (tertiary/aromatic N) is 2. The molecule has 1 aromatic carbocycles. The van der Waals surface area contributed by atoms with Gasteiger partial charge in [0.1, 0.15) is 11.4 Å². The lowest BCUT2D eigenvalue weighted by Crippen LogP contribution is -2.44. The minimum atomic E-state index is -0.0361. The fourth-order valence-corrected chi connectivity index (χ4v) is 4.99. The molecular weight excluding hydrogens is 414 g/mol. The molecule has 1 spiro atoms. The van der Waals surface area contributed by atoms with Gasteiger partial charge in [-0.3, -0.25) is 4.79 Å². The first-order chi connectivity index (χ1) is 14.9. The number of methoxy groups -OCH3 is 1. The van der Waals surface area contributed by atoms with Gasteiger partial charge in [-0.25, -0.2) is 4.98 Å². The third-order valence-electron chi connectivity index (χ3n) is 6.48. The lowest BCUT2D eigenvalue weighted by Gasteiger charge is -2.32. The molecule has 2 atom stereocenters. The molecule has 31 heavy (non-hydrogen) atoms. The van der Waals surface area contributed by atoms with Crippen LogP contribution in [0, 0.1) is 5.41 Å². The summed E-state index contributed by atoms with van der Waals surface area (Å²) in [6.07, 6.45) is 4.18. The number of ether oxygens (including phenoxy) is 2. The number of nitrogens with one attached hydrogen (secondary N) is 1. The van der Waals surface area contributed by atoms with Crippen LogP contribution in [0.3, 0.4) is 0 Å². The maximum Gasteiger partial charge on any atom is 0.273 e. The summed E-state index contributed by atoms with van der Waals surface area (Å²) in [7, 11) is 1.67. The molecule has 0 radical (unpaired) electrons. The lowest BCUT2D eigenvalue weighted by atomic mass is 9.95. The van der Waals surface area contributed by atoms with Crippen molar-refractivity contribution >= 4 is 28.4 Å². The number of carbonyl (C=O) groups is 1. The average Bonchev–Trinajstić information content (AvgIpc) is 3.42. The summed E-state index contributed by atoms with van der Waals surface area (Å²) in [6, 6.07) is 7.65. The van der Waals surface area contributed by atoms with Crippen molar-refractivity contribution in [1.29, 1.82) is 0 Å². The summed E-state index contributed by atoms with van der Waals surface area (Å²) in [5.41, 5.74) is 1.31. The molecule has 2 unspecified atom stereocenters. The predicted molar refractivity (Wildman–Crippen MR) is 123 cm³/mol. The van der Waals surface area contributed by atoms with Gasteiger partial charge < -0.3 is 19.7 Å². The highest BCUT2D eigenvalue weighted by Gasteiger charge is 2.58. The Hall–Kier alpha value is -1.89. The van der Waals surface area contributed by atoms with Gasteiger partial charge in [-0.1, -0.05) is 11.6 Å². The number of carbonyl (C=O) groups excluding carboxylic acids is 1. The summed E-state index contributed by atoms with van der Waals surface area (Å²) < 4.78 is 11.1. The molecule has 1 aliphatic carbocycles. The summed E-state index contributed by atoms with van der Waals surface area (Å²) in [5.74, 6) is 0.626. The van der Waals surface area contributed by atoms with Crippen molar-refractivity contribution in [1.82, 2.24) is 15.2 Å². The molecule has 168 valence electrons. The predicted octanol–water partition coefficient (Wildman–Crippen LogP) is 4.30. The molecule has 7 heteroatoms. The molecule has 1 aliphatic heterocycles. The maximum atomic E-state index is 13.7. The van der Waals surface area contributed by atoms with Crippen molar-refractivity contribution in [2.24, 2.45) is 5.41 Å². The van der Waals surface area contributed by atoms with Crippen molar-refractivity contribution in [3.63, 3.8) is 0 Å². The van der Waals surface area contributed by atoms with Gasteiger partial charge in [0, 0.05) is 60.7 Å². The Balaban J connectivity index is 1.64. The summed E-state index contributed by atoms with van der Waals surface area (Å²) in [6.45, 7) is 7.36. The number of amides is 1. The summed E-state index contributed by atoms with van der Waals surface area (Å²) >= 11 is 6.22. The van der Waals surface area contributed by atoms with Crippen LogP contribution in [0.1, 0.15) is 50.0 Å². The van der Waals surface area contributed by atoms with Crippen LogP contribution in [0.5, 0.6) is 5.75 Å². The zero-order valence-electron chi connectivity index (χ0n) is 18.6. The smallest absolute Gasteiger partial charge is 0.273 e. The van der Waals surface area contributed by atoms with Crippen LogP contribution in [0.15, 0.2) is 24.3 Å². The Morgan fingerprint density at radius 3 is 2.90 bits per heavy atom. The molecule has 1 saturated carbocycles. The van der Waals surface area contributed by atoms with E-state index in [9.17, 15) is 4.79 Å². The first-order valence-electron chi connectivity index (χ1n) is 11.2. The van der Waals surface area contributed by atoms with E-state index in [2.05, 4.69) is 19.2 Å². The Bertz CT molecular complexity index is 943. The van der Waals surface area contributed by atoms with Crippen molar-refractivity contribution < 1.29 is 14.3 Å². The fraction of sp³-hybridized carbons (Fsp3) is 0.583. The van der Waals surface area contributed by atoms with Gasteiger partial charge in [0.25, 0.3) is 5.91 Å². The Labute approximate surface area is 189 Å². The largest absolute Gasteiger partial charge is 0.493 e. The van der Waals surface area contributed by atoms with Crippen LogP contribution in [-0.2, 0) is 4.74 Å². The molecule has 2 heterocycles. The van der Waals surface area contributed by atoms with Gasteiger partial charge in [0.05, 0.1) is 12.1 Å². The van der Waals surface area contributed by atoms with Crippen molar-refractivity contribution in [3.8, 4) is 5.75 Å². The van der Waals surface area contributed by atoms with Crippen LogP contribution < -0.4 is 10.1 Å². The highest BCUT2D eigenvalue weighted by molar-refractivity contribution is 6.31. The quantitative estimate of drug-likeness (QED) is 0.614. The maximum absolute atomic E-state index is 13.7. The molecule has 0 bridgehead atoms. The van der Waals surface area contributed by atoms with E-state index in [-0.39, 0.29) is 23.4 Å². The average molecular weight is 446 g/mol. The second kappa shape index (κ2) is 9.31. The van der Waals surface area contributed by atoms with Gasteiger partial charge in [0.2, 0.25) is 0 Å². The van der Waals surface area contributed by atoms with E-state index in [1.807, 2.05) is 17.0 Å². The number of hydrogen-bond donors (Lipinski definition) is 1. The van der Waals surface area contributed by atoms with Gasteiger partial charge >= 0.3 is 0 Å². The van der Waals surface area contributed by atoms with E-state index >= 15 is 0 Å². The number of rotatable bonds is 8. The Morgan fingerprint density at radius 1 is 1.35 bits per heavy atom. The molecule has 1 saturated heterocycles. The van der Waals surface area contributed by atoms with Gasteiger partial charge in [-0.15, -0.1) is 0 Å². The highest BCUT2D eigenvalue weighted by atomic mass is 35.5. The van der Waals surface area contributed by atoms with Crippen molar-refractivity contribution in [2.45, 2.75) is 51.6 Å². The zero-order chi connectivity index (χ0) is 22.0. The third-order valence-corrected chi connectivity index (χ3v) is 6.72. The topological polar surface area (TPSA) is 63.7 Å². The van der Waals surface area contributed by atoms with E-state index in [0.717, 1.165) is 31.3 Å². The monoisotopic (exact) mass is 445 g/mol. The number of benzene rings is 1. The van der Waals surface area contributed by atoms with Crippen molar-refractivity contribution in [2.75, 3.05) is 33.4 Å². The second-order valence-electron chi connectivity index (χ2n) is 9.03. The Morgan fingerprint density at radius 2 is 2.19 bits per heavy atom. The zero-order valence-corrected chi connectivity index (χ0v) is 19.4. The van der Waals surface area contributed by atoms with Gasteiger partial charge in [0.15, 0.2) is 0 Å². The van der Waals surface area contributed by atoms with E-state index < -0.39 is 0 Å². The number of aromatic nitrogens is 1. The minimum absolute atomic E-state index is 0.0361. The summed E-state index contributed by atoms with van der Waals surface area (Å²) in [5, 5.41) is 4.96. The molecule has 4 rings (SSSR count). The second-order valence-corrected chi connectivity index (χ2v) is 9.47. The molecule has 1 aromatic heterocycles. The number of halogens is 1. The van der Waals surface area contributed by atoms with Crippen LogP contribution in [0.25, 0.3) is 10.9 Å². The van der Waals surface area contributed by atoms with Crippen LogP contribution in [-0.4, -0.2) is 61.3 Å². The summed E-state index contributed by atoms with van der Waals surface area (Å²) in [4.78, 5) is 20.4. The SMILES string of the molecule is COCCCOc1cc(C(=O)N(C(C)C)C2CC23CCCNC3)nc2cc(Cl)ccc12. The molecule has 1 amide bonds. The molecular formula is C24H32ClN3O3. The first kappa shape index (κ1) is 22.3. The number of fused-ring (bicyclic) bond motifs is 1. The minimum Gasteiger partial charge on any atom is -0.493 e. The van der Waals surface area contributed by atoms with Gasteiger partial charge in [-0.05, 0) is 57.9 Å². The van der Waals surface area contributed by atoms with E-state index in [1.54, 1.807) is 19.2 Å².